The van der Waals surface area contributed by atoms with Crippen LogP contribution in [0.2, 0.25) is 0 Å². The van der Waals surface area contributed by atoms with Crippen molar-refractivity contribution in [1.29, 1.82) is 0 Å². The molecule has 0 spiro atoms. The molecule has 0 unspecified atom stereocenters. The van der Waals surface area contributed by atoms with Crippen molar-refractivity contribution in [1.82, 2.24) is 0 Å². The summed E-state index contributed by atoms with van der Waals surface area (Å²) in [5, 5.41) is 0. The van der Waals surface area contributed by atoms with Crippen molar-refractivity contribution in [2.24, 2.45) is 0 Å². The quantitative estimate of drug-likeness (QED) is 0.742. The maximum atomic E-state index is 13.6. The molecule has 4 heteroatoms. The summed E-state index contributed by atoms with van der Waals surface area (Å²) >= 11 is 0. The van der Waals surface area contributed by atoms with Gasteiger partial charge in [-0.1, -0.05) is 13.0 Å². The summed E-state index contributed by atoms with van der Waals surface area (Å²) in [6.45, 7) is 5.97. The molecular formula is C13H17FO3. The number of hydrogen-bond acceptors (Lipinski definition) is 3. The van der Waals surface area contributed by atoms with Gasteiger partial charge in [-0.2, -0.15) is 0 Å². The van der Waals surface area contributed by atoms with Gasteiger partial charge in [-0.25, -0.2) is 9.18 Å². The van der Waals surface area contributed by atoms with Crippen molar-refractivity contribution in [3.8, 4) is 5.75 Å². The number of esters is 1. The Morgan fingerprint density at radius 2 is 2.06 bits per heavy atom. The van der Waals surface area contributed by atoms with Crippen LogP contribution in [0.1, 0.15) is 36.2 Å². The lowest BCUT2D eigenvalue weighted by Gasteiger charge is -2.13. The first-order valence-corrected chi connectivity index (χ1v) is 5.70. The fraction of sp³-hybridized carbons (Fsp3) is 0.462. The van der Waals surface area contributed by atoms with E-state index in [0.29, 0.717) is 12.2 Å². The number of aryl methyl sites for hydroxylation is 1. The van der Waals surface area contributed by atoms with Crippen LogP contribution in [0.3, 0.4) is 0 Å². The maximum absolute atomic E-state index is 13.6. The Bertz CT molecular complexity index is 402. The Morgan fingerprint density at radius 1 is 1.35 bits per heavy atom. The normalized spacial score (nSPS) is 10.1. The molecule has 0 aromatic heterocycles. The van der Waals surface area contributed by atoms with Crippen molar-refractivity contribution in [2.45, 2.75) is 27.2 Å². The average molecular weight is 240 g/mol. The zero-order chi connectivity index (χ0) is 12.8. The molecule has 0 fully saturated rings. The van der Waals surface area contributed by atoms with Crippen LogP contribution in [0, 0.1) is 12.7 Å². The molecule has 3 nitrogen and oxygen atoms in total. The highest BCUT2D eigenvalue weighted by molar-refractivity contribution is 5.94. The second-order valence-corrected chi connectivity index (χ2v) is 3.64. The van der Waals surface area contributed by atoms with Crippen molar-refractivity contribution in [3.05, 3.63) is 29.1 Å². The van der Waals surface area contributed by atoms with Crippen LogP contribution >= 0.6 is 0 Å². The predicted octanol–water partition coefficient (Wildman–Crippen LogP) is 3.10. The van der Waals surface area contributed by atoms with E-state index in [9.17, 15) is 9.18 Å². The molecule has 0 amide bonds. The monoisotopic (exact) mass is 240 g/mol. The summed E-state index contributed by atoms with van der Waals surface area (Å²) < 4.78 is 23.8. The Morgan fingerprint density at radius 3 is 2.65 bits per heavy atom. The van der Waals surface area contributed by atoms with E-state index in [1.807, 2.05) is 6.92 Å². The highest BCUT2D eigenvalue weighted by Gasteiger charge is 2.20. The van der Waals surface area contributed by atoms with Gasteiger partial charge in [-0.05, 0) is 31.9 Å². The summed E-state index contributed by atoms with van der Waals surface area (Å²) in [5.74, 6) is -1.09. The van der Waals surface area contributed by atoms with Gasteiger partial charge >= 0.3 is 5.97 Å². The molecule has 17 heavy (non-hydrogen) atoms. The van der Waals surface area contributed by atoms with Crippen molar-refractivity contribution >= 4 is 5.97 Å². The van der Waals surface area contributed by atoms with Gasteiger partial charge in [0.1, 0.15) is 5.56 Å². The van der Waals surface area contributed by atoms with Crippen molar-refractivity contribution in [3.63, 3.8) is 0 Å². The third-order valence-corrected chi connectivity index (χ3v) is 2.25. The third-order valence-electron chi connectivity index (χ3n) is 2.25. The van der Waals surface area contributed by atoms with Crippen molar-refractivity contribution in [2.75, 3.05) is 13.2 Å². The second kappa shape index (κ2) is 6.23. The van der Waals surface area contributed by atoms with E-state index in [0.717, 1.165) is 6.42 Å². The van der Waals surface area contributed by atoms with Gasteiger partial charge in [-0.15, -0.1) is 0 Å². The topological polar surface area (TPSA) is 35.5 Å². The Hall–Kier alpha value is -1.58. The minimum Gasteiger partial charge on any atom is -0.490 e. The average Bonchev–Trinajstić information content (AvgIpc) is 2.30. The first-order valence-electron chi connectivity index (χ1n) is 5.70. The summed E-state index contributed by atoms with van der Waals surface area (Å²) in [6, 6.07) is 2.84. The molecular weight excluding hydrogens is 223 g/mol. The summed E-state index contributed by atoms with van der Waals surface area (Å²) in [4.78, 5) is 11.7. The standard InChI is InChI=1S/C13H17FO3/c1-4-8-17-12-10(14)7-6-9(3)11(12)13(15)16-5-2/h6-7H,4-5,8H2,1-3H3. The lowest BCUT2D eigenvalue weighted by atomic mass is 10.1. The van der Waals surface area contributed by atoms with Gasteiger partial charge in [0, 0.05) is 0 Å². The van der Waals surface area contributed by atoms with Gasteiger partial charge in [0.25, 0.3) is 0 Å². The number of rotatable bonds is 5. The zero-order valence-corrected chi connectivity index (χ0v) is 10.4. The number of benzene rings is 1. The third kappa shape index (κ3) is 3.19. The molecule has 0 saturated heterocycles. The second-order valence-electron chi connectivity index (χ2n) is 3.64. The highest BCUT2D eigenvalue weighted by atomic mass is 19.1. The molecule has 1 aromatic rings. The van der Waals surface area contributed by atoms with E-state index >= 15 is 0 Å². The van der Waals surface area contributed by atoms with Crippen LogP contribution in [0.5, 0.6) is 5.75 Å². The van der Waals surface area contributed by atoms with E-state index in [2.05, 4.69) is 0 Å². The van der Waals surface area contributed by atoms with E-state index in [-0.39, 0.29) is 17.9 Å². The molecule has 0 aliphatic carbocycles. The fourth-order valence-corrected chi connectivity index (χ4v) is 1.46. The molecule has 0 N–H and O–H groups in total. The zero-order valence-electron chi connectivity index (χ0n) is 10.4. The fourth-order valence-electron chi connectivity index (χ4n) is 1.46. The number of halogens is 1. The number of hydrogen-bond donors (Lipinski definition) is 0. The molecule has 0 saturated carbocycles. The first-order chi connectivity index (χ1) is 8.11. The van der Waals surface area contributed by atoms with Crippen LogP contribution in [0.15, 0.2) is 12.1 Å². The largest absolute Gasteiger partial charge is 0.490 e. The molecule has 0 radical (unpaired) electrons. The van der Waals surface area contributed by atoms with Crippen LogP contribution in [0.4, 0.5) is 4.39 Å². The molecule has 1 aromatic carbocycles. The van der Waals surface area contributed by atoms with E-state index in [1.165, 1.54) is 6.07 Å². The molecule has 1 rings (SSSR count). The smallest absolute Gasteiger partial charge is 0.342 e. The van der Waals surface area contributed by atoms with E-state index in [4.69, 9.17) is 9.47 Å². The minimum absolute atomic E-state index is 0.00898. The van der Waals surface area contributed by atoms with Crippen LogP contribution in [-0.4, -0.2) is 19.2 Å². The van der Waals surface area contributed by atoms with Gasteiger partial charge < -0.3 is 9.47 Å². The first kappa shape index (κ1) is 13.5. The summed E-state index contributed by atoms with van der Waals surface area (Å²) in [6.07, 6.45) is 0.746. The van der Waals surface area contributed by atoms with Crippen LogP contribution in [-0.2, 0) is 4.74 Å². The van der Waals surface area contributed by atoms with Gasteiger partial charge in [-0.3, -0.25) is 0 Å². The van der Waals surface area contributed by atoms with E-state index < -0.39 is 11.8 Å². The Balaban J connectivity index is 3.14. The molecule has 0 aliphatic rings. The molecule has 0 atom stereocenters. The molecule has 0 bridgehead atoms. The molecule has 0 aliphatic heterocycles. The van der Waals surface area contributed by atoms with Gasteiger partial charge in [0.2, 0.25) is 0 Å². The number of ether oxygens (including phenoxy) is 2. The lowest BCUT2D eigenvalue weighted by molar-refractivity contribution is 0.0519. The number of carbonyl (C=O) groups excluding carboxylic acids is 1. The SMILES string of the molecule is CCCOc1c(F)ccc(C)c1C(=O)OCC. The minimum atomic E-state index is -0.546. The maximum Gasteiger partial charge on any atom is 0.342 e. The van der Waals surface area contributed by atoms with Gasteiger partial charge in [0.15, 0.2) is 11.6 Å². The Kier molecular flexibility index (Phi) is 4.94. The molecule has 94 valence electrons. The molecule has 0 heterocycles. The highest BCUT2D eigenvalue weighted by Crippen LogP contribution is 2.27. The van der Waals surface area contributed by atoms with Crippen LogP contribution < -0.4 is 4.74 Å². The van der Waals surface area contributed by atoms with Gasteiger partial charge in [0.05, 0.1) is 13.2 Å². The van der Waals surface area contributed by atoms with E-state index in [1.54, 1.807) is 19.9 Å². The van der Waals surface area contributed by atoms with Crippen molar-refractivity contribution < 1.29 is 18.7 Å². The number of carbonyl (C=O) groups is 1. The van der Waals surface area contributed by atoms with Crippen LogP contribution in [0.25, 0.3) is 0 Å². The summed E-state index contributed by atoms with van der Waals surface area (Å²) in [7, 11) is 0. The predicted molar refractivity (Wildman–Crippen MR) is 62.9 cm³/mol. The lowest BCUT2D eigenvalue weighted by Crippen LogP contribution is -2.11. The summed E-state index contributed by atoms with van der Waals surface area (Å²) in [5.41, 5.74) is 0.830. The Labute approximate surface area is 101 Å².